The van der Waals surface area contributed by atoms with E-state index in [-0.39, 0.29) is 39.5 Å². The van der Waals surface area contributed by atoms with Crippen LogP contribution in [0.3, 0.4) is 0 Å². The SMILES string of the molecule is COC(=O)c1cc(C)nc2nc(SCC(=O)NC(C)c3ccc4ccccc4c3)[nH]c(=O)c12. The minimum Gasteiger partial charge on any atom is -0.465 e. The number of carbonyl (C=O) groups is 2. The number of aryl methyl sites for hydroxylation is 1. The molecule has 1 amide bonds. The molecule has 2 N–H and O–H groups in total. The lowest BCUT2D eigenvalue weighted by Gasteiger charge is -2.15. The molecule has 2 heterocycles. The van der Waals surface area contributed by atoms with E-state index in [4.69, 9.17) is 4.74 Å². The fourth-order valence-corrected chi connectivity index (χ4v) is 4.23. The average molecular weight is 463 g/mol. The van der Waals surface area contributed by atoms with E-state index >= 15 is 0 Å². The number of thioether (sulfide) groups is 1. The molecule has 0 saturated carbocycles. The van der Waals surface area contributed by atoms with Crippen molar-refractivity contribution in [1.29, 1.82) is 0 Å². The van der Waals surface area contributed by atoms with E-state index in [1.54, 1.807) is 6.92 Å². The van der Waals surface area contributed by atoms with Gasteiger partial charge in [0.25, 0.3) is 5.56 Å². The number of aromatic nitrogens is 3. The lowest BCUT2D eigenvalue weighted by Crippen LogP contribution is -2.28. The molecular formula is C24H22N4O4S. The van der Waals surface area contributed by atoms with Gasteiger partial charge in [0.2, 0.25) is 5.91 Å². The second-order valence-corrected chi connectivity index (χ2v) is 8.52. The maximum Gasteiger partial charge on any atom is 0.338 e. The Labute approximate surface area is 193 Å². The Balaban J connectivity index is 1.48. The summed E-state index contributed by atoms with van der Waals surface area (Å²) in [6.07, 6.45) is 0. The summed E-state index contributed by atoms with van der Waals surface area (Å²) in [7, 11) is 1.24. The molecule has 0 bridgehead atoms. The third-order valence-electron chi connectivity index (χ3n) is 5.18. The molecule has 0 aliphatic rings. The van der Waals surface area contributed by atoms with Crippen molar-refractivity contribution >= 4 is 45.4 Å². The van der Waals surface area contributed by atoms with E-state index in [1.807, 2.05) is 43.3 Å². The number of ether oxygens (including phenoxy) is 1. The number of aromatic amines is 1. The van der Waals surface area contributed by atoms with Crippen molar-refractivity contribution in [3.05, 3.63) is 75.7 Å². The summed E-state index contributed by atoms with van der Waals surface area (Å²) in [5.41, 5.74) is 1.25. The smallest absolute Gasteiger partial charge is 0.338 e. The fraction of sp³-hybridized carbons (Fsp3) is 0.208. The van der Waals surface area contributed by atoms with Gasteiger partial charge in [0.1, 0.15) is 0 Å². The van der Waals surface area contributed by atoms with Crippen LogP contribution in [0.4, 0.5) is 0 Å². The van der Waals surface area contributed by atoms with Crippen molar-refractivity contribution in [3.63, 3.8) is 0 Å². The van der Waals surface area contributed by atoms with Crippen molar-refractivity contribution in [3.8, 4) is 0 Å². The molecule has 1 atom stereocenters. The molecule has 8 nitrogen and oxygen atoms in total. The van der Waals surface area contributed by atoms with Crippen LogP contribution in [0.5, 0.6) is 0 Å². The van der Waals surface area contributed by atoms with Crippen LogP contribution in [0.25, 0.3) is 21.8 Å². The molecule has 2 aromatic heterocycles. The number of benzene rings is 2. The summed E-state index contributed by atoms with van der Waals surface area (Å²) in [5, 5.41) is 5.52. The van der Waals surface area contributed by atoms with Gasteiger partial charge >= 0.3 is 5.97 Å². The van der Waals surface area contributed by atoms with Gasteiger partial charge in [-0.05, 0) is 42.3 Å². The predicted octanol–water partition coefficient (Wildman–Crippen LogP) is 3.54. The molecule has 4 rings (SSSR count). The largest absolute Gasteiger partial charge is 0.465 e. The molecule has 2 aromatic carbocycles. The van der Waals surface area contributed by atoms with Crippen LogP contribution in [-0.2, 0) is 9.53 Å². The van der Waals surface area contributed by atoms with Gasteiger partial charge in [-0.1, -0.05) is 48.2 Å². The monoisotopic (exact) mass is 462 g/mol. The Morgan fingerprint density at radius 1 is 1.12 bits per heavy atom. The average Bonchev–Trinajstić information content (AvgIpc) is 2.81. The minimum absolute atomic E-state index is 0.0576. The molecule has 0 spiro atoms. The van der Waals surface area contributed by atoms with Gasteiger partial charge in [0, 0.05) is 5.69 Å². The Morgan fingerprint density at radius 3 is 2.64 bits per heavy atom. The van der Waals surface area contributed by atoms with Crippen LogP contribution in [0.15, 0.2) is 58.5 Å². The molecule has 168 valence electrons. The number of hydrogen-bond donors (Lipinski definition) is 2. The number of rotatable bonds is 6. The quantitative estimate of drug-likeness (QED) is 0.256. The molecule has 4 aromatic rings. The van der Waals surface area contributed by atoms with Gasteiger partial charge in [0.15, 0.2) is 10.8 Å². The van der Waals surface area contributed by atoms with Crippen LogP contribution in [0, 0.1) is 6.92 Å². The lowest BCUT2D eigenvalue weighted by atomic mass is 10.0. The van der Waals surface area contributed by atoms with Crippen LogP contribution in [0.2, 0.25) is 0 Å². The lowest BCUT2D eigenvalue weighted by molar-refractivity contribution is -0.119. The Hall–Kier alpha value is -3.72. The fourth-order valence-electron chi connectivity index (χ4n) is 3.56. The molecule has 0 aliphatic carbocycles. The van der Waals surface area contributed by atoms with E-state index in [1.165, 1.54) is 13.2 Å². The molecule has 0 radical (unpaired) electrons. The molecule has 33 heavy (non-hydrogen) atoms. The van der Waals surface area contributed by atoms with Crippen LogP contribution in [0.1, 0.15) is 34.6 Å². The van der Waals surface area contributed by atoms with Gasteiger partial charge in [-0.3, -0.25) is 9.59 Å². The number of esters is 1. The molecule has 1 unspecified atom stereocenters. The van der Waals surface area contributed by atoms with Gasteiger partial charge < -0.3 is 15.0 Å². The van der Waals surface area contributed by atoms with Gasteiger partial charge in [-0.15, -0.1) is 0 Å². The molecular weight excluding hydrogens is 440 g/mol. The first kappa shape index (κ1) is 22.5. The zero-order valence-corrected chi connectivity index (χ0v) is 19.2. The highest BCUT2D eigenvalue weighted by molar-refractivity contribution is 7.99. The van der Waals surface area contributed by atoms with E-state index in [0.29, 0.717) is 5.69 Å². The summed E-state index contributed by atoms with van der Waals surface area (Å²) in [6, 6.07) is 15.4. The van der Waals surface area contributed by atoms with Crippen molar-refractivity contribution in [2.75, 3.05) is 12.9 Å². The Bertz CT molecular complexity index is 1430. The summed E-state index contributed by atoms with van der Waals surface area (Å²) in [5.74, 6) is -0.779. The number of nitrogens with one attached hydrogen (secondary N) is 2. The van der Waals surface area contributed by atoms with Gasteiger partial charge in [-0.25, -0.2) is 14.8 Å². The third-order valence-corrected chi connectivity index (χ3v) is 6.05. The summed E-state index contributed by atoms with van der Waals surface area (Å²) < 4.78 is 4.76. The van der Waals surface area contributed by atoms with E-state index in [0.717, 1.165) is 28.1 Å². The molecule has 0 aliphatic heterocycles. The van der Waals surface area contributed by atoms with E-state index in [2.05, 4.69) is 26.3 Å². The topological polar surface area (TPSA) is 114 Å². The maximum absolute atomic E-state index is 12.6. The number of carbonyl (C=O) groups excluding carboxylic acids is 2. The van der Waals surface area contributed by atoms with Crippen molar-refractivity contribution in [2.24, 2.45) is 0 Å². The first-order valence-corrected chi connectivity index (χ1v) is 11.2. The number of H-pyrrole nitrogens is 1. The molecule has 9 heteroatoms. The van der Waals surface area contributed by atoms with Gasteiger partial charge in [0.05, 0.1) is 29.9 Å². The second kappa shape index (κ2) is 9.41. The highest BCUT2D eigenvalue weighted by Gasteiger charge is 2.18. The summed E-state index contributed by atoms with van der Waals surface area (Å²) in [6.45, 7) is 3.62. The number of pyridine rings is 1. The Kier molecular flexibility index (Phi) is 6.41. The first-order valence-electron chi connectivity index (χ1n) is 10.3. The highest BCUT2D eigenvalue weighted by Crippen LogP contribution is 2.21. The number of methoxy groups -OCH3 is 1. The Morgan fingerprint density at radius 2 is 1.88 bits per heavy atom. The number of fused-ring (bicyclic) bond motifs is 2. The molecule has 0 saturated heterocycles. The van der Waals surface area contributed by atoms with E-state index in [9.17, 15) is 14.4 Å². The number of amides is 1. The summed E-state index contributed by atoms with van der Waals surface area (Å²) >= 11 is 1.09. The minimum atomic E-state index is -0.639. The second-order valence-electron chi connectivity index (χ2n) is 7.56. The van der Waals surface area contributed by atoms with Crippen LogP contribution in [-0.4, -0.2) is 39.7 Å². The van der Waals surface area contributed by atoms with Crippen molar-refractivity contribution < 1.29 is 14.3 Å². The summed E-state index contributed by atoms with van der Waals surface area (Å²) in [4.78, 5) is 48.4. The van der Waals surface area contributed by atoms with E-state index < -0.39 is 11.5 Å². The molecule has 0 fully saturated rings. The zero-order valence-electron chi connectivity index (χ0n) is 18.3. The van der Waals surface area contributed by atoms with Gasteiger partial charge in [-0.2, -0.15) is 0 Å². The maximum atomic E-state index is 12.6. The standard InChI is InChI=1S/C24H22N4O4S/c1-13-10-18(23(31)32-3)20-21(25-13)27-24(28-22(20)30)33-12-19(29)26-14(2)16-9-8-15-6-4-5-7-17(15)11-16/h4-11,14H,12H2,1-3H3,(H,26,29)(H,25,27,28,30). The van der Waals surface area contributed by atoms with Crippen molar-refractivity contribution in [1.82, 2.24) is 20.3 Å². The zero-order chi connectivity index (χ0) is 23.5. The predicted molar refractivity (Wildman–Crippen MR) is 127 cm³/mol. The number of nitrogens with zero attached hydrogens (tertiary/aromatic N) is 2. The normalized spacial score (nSPS) is 12.0. The highest BCUT2D eigenvalue weighted by atomic mass is 32.2. The third kappa shape index (κ3) is 4.88. The number of hydrogen-bond acceptors (Lipinski definition) is 7. The van der Waals surface area contributed by atoms with Crippen LogP contribution >= 0.6 is 11.8 Å². The van der Waals surface area contributed by atoms with Crippen LogP contribution < -0.4 is 10.9 Å². The van der Waals surface area contributed by atoms with Crippen molar-refractivity contribution in [2.45, 2.75) is 25.0 Å². The first-order chi connectivity index (χ1) is 15.9.